The molecule has 3 aliphatic rings. The van der Waals surface area contributed by atoms with Gasteiger partial charge in [-0.2, -0.15) is 0 Å². The minimum absolute atomic E-state index is 0.208. The standard InChI is InChI=1S/C38H26N2O/c1-2-12-26(13-3-1)40-34-20-10-9-19-33(34)39-37(40)25-22-23-32-36(24-25)41-35-21-11-8-18-31(35)38(32)29-16-6-4-14-27(29)28-15-5-7-17-30(28)38/h1-12,14-24,26H,13H2. The van der Waals surface area contributed by atoms with Crippen LogP contribution in [-0.2, 0) is 5.41 Å². The number of benzene rings is 5. The Morgan fingerprint density at radius 1 is 0.659 bits per heavy atom. The third kappa shape index (κ3) is 3.01. The summed E-state index contributed by atoms with van der Waals surface area (Å²) in [5.74, 6) is 2.74. The van der Waals surface area contributed by atoms with Gasteiger partial charge in [-0.05, 0) is 52.9 Å². The maximum absolute atomic E-state index is 6.75. The second kappa shape index (κ2) is 8.42. The van der Waals surface area contributed by atoms with Crippen LogP contribution in [0.5, 0.6) is 11.5 Å². The smallest absolute Gasteiger partial charge is 0.141 e. The predicted octanol–water partition coefficient (Wildman–Crippen LogP) is 9.23. The van der Waals surface area contributed by atoms with Crippen LogP contribution in [0.1, 0.15) is 34.7 Å². The quantitative estimate of drug-likeness (QED) is 0.224. The van der Waals surface area contributed by atoms with Crippen molar-refractivity contribution in [2.24, 2.45) is 0 Å². The molecule has 1 atom stereocenters. The molecule has 0 saturated heterocycles. The molecular weight excluding hydrogens is 500 g/mol. The van der Waals surface area contributed by atoms with E-state index in [4.69, 9.17) is 9.72 Å². The highest BCUT2D eigenvalue weighted by atomic mass is 16.5. The maximum Gasteiger partial charge on any atom is 0.141 e. The number of para-hydroxylation sites is 3. The Hall–Kier alpha value is -5.15. The topological polar surface area (TPSA) is 27.1 Å². The van der Waals surface area contributed by atoms with Crippen molar-refractivity contribution in [3.8, 4) is 34.0 Å². The molecule has 6 aromatic rings. The first-order valence-corrected chi connectivity index (χ1v) is 14.3. The molecule has 0 fully saturated rings. The highest BCUT2D eigenvalue weighted by Gasteiger charge is 2.50. The third-order valence-corrected chi connectivity index (χ3v) is 8.99. The van der Waals surface area contributed by atoms with Gasteiger partial charge < -0.3 is 9.30 Å². The second-order valence-electron chi connectivity index (χ2n) is 11.1. The Morgan fingerprint density at radius 2 is 1.34 bits per heavy atom. The highest BCUT2D eigenvalue weighted by molar-refractivity contribution is 5.89. The molecule has 0 saturated carbocycles. The lowest BCUT2D eigenvalue weighted by atomic mass is 9.66. The Balaban J connectivity index is 1.32. The molecule has 0 radical (unpaired) electrons. The van der Waals surface area contributed by atoms with Crippen LogP contribution in [0.15, 0.2) is 140 Å². The molecule has 3 nitrogen and oxygen atoms in total. The summed E-state index contributed by atoms with van der Waals surface area (Å²) < 4.78 is 9.13. The summed E-state index contributed by atoms with van der Waals surface area (Å²) in [5, 5.41) is 0. The molecule has 41 heavy (non-hydrogen) atoms. The van der Waals surface area contributed by atoms with Crippen LogP contribution >= 0.6 is 0 Å². The number of hydrogen-bond donors (Lipinski definition) is 0. The summed E-state index contributed by atoms with van der Waals surface area (Å²) >= 11 is 0. The fourth-order valence-electron chi connectivity index (χ4n) is 7.34. The Kier molecular flexibility index (Phi) is 4.65. The van der Waals surface area contributed by atoms with Gasteiger partial charge >= 0.3 is 0 Å². The second-order valence-corrected chi connectivity index (χ2v) is 11.1. The first kappa shape index (κ1) is 22.6. The predicted molar refractivity (Wildman–Crippen MR) is 164 cm³/mol. The lowest BCUT2D eigenvalue weighted by molar-refractivity contribution is 0.436. The number of hydrogen-bond acceptors (Lipinski definition) is 2. The summed E-state index contributed by atoms with van der Waals surface area (Å²) in [6.45, 7) is 0. The fraction of sp³-hybridized carbons (Fsp3) is 0.0789. The molecule has 9 rings (SSSR count). The zero-order chi connectivity index (χ0) is 27.0. The van der Waals surface area contributed by atoms with Crippen LogP contribution in [0.2, 0.25) is 0 Å². The van der Waals surface area contributed by atoms with Gasteiger partial charge in [0.15, 0.2) is 0 Å². The van der Waals surface area contributed by atoms with Gasteiger partial charge in [0.05, 0.1) is 22.5 Å². The number of allylic oxidation sites excluding steroid dienone is 4. The average Bonchev–Trinajstić information content (AvgIpc) is 3.57. The van der Waals surface area contributed by atoms with Crippen molar-refractivity contribution in [2.75, 3.05) is 0 Å². The van der Waals surface area contributed by atoms with Crippen LogP contribution in [0.3, 0.4) is 0 Å². The third-order valence-electron chi connectivity index (χ3n) is 8.99. The number of nitrogens with zero attached hydrogens (tertiary/aromatic N) is 2. The van der Waals surface area contributed by atoms with Crippen LogP contribution < -0.4 is 4.74 Å². The van der Waals surface area contributed by atoms with Crippen LogP contribution in [0, 0.1) is 0 Å². The Bertz CT molecular complexity index is 2030. The van der Waals surface area contributed by atoms with Crippen LogP contribution in [-0.4, -0.2) is 9.55 Å². The lowest BCUT2D eigenvalue weighted by Crippen LogP contribution is -2.32. The molecule has 2 heterocycles. The van der Waals surface area contributed by atoms with Crippen molar-refractivity contribution in [1.82, 2.24) is 9.55 Å². The Labute approximate surface area is 238 Å². The molecule has 1 unspecified atom stereocenters. The molecule has 1 aliphatic heterocycles. The molecule has 0 bridgehead atoms. The normalized spacial score (nSPS) is 17.1. The number of imidazole rings is 1. The van der Waals surface area contributed by atoms with Gasteiger partial charge in [0.2, 0.25) is 0 Å². The summed E-state index contributed by atoms with van der Waals surface area (Å²) in [6.07, 6.45) is 9.70. The lowest BCUT2D eigenvalue weighted by Gasteiger charge is -2.39. The molecule has 5 aromatic carbocycles. The van der Waals surface area contributed by atoms with E-state index in [9.17, 15) is 0 Å². The summed E-state index contributed by atoms with van der Waals surface area (Å²) in [5.41, 5.74) is 10.3. The van der Waals surface area contributed by atoms with Crippen molar-refractivity contribution in [2.45, 2.75) is 17.9 Å². The molecule has 1 aromatic heterocycles. The monoisotopic (exact) mass is 526 g/mol. The van der Waals surface area contributed by atoms with Crippen molar-refractivity contribution >= 4 is 11.0 Å². The van der Waals surface area contributed by atoms with Crippen molar-refractivity contribution in [3.63, 3.8) is 0 Å². The summed E-state index contributed by atoms with van der Waals surface area (Å²) in [4.78, 5) is 5.16. The maximum atomic E-state index is 6.75. The van der Waals surface area contributed by atoms with Gasteiger partial charge in [-0.15, -0.1) is 0 Å². The van der Waals surface area contributed by atoms with Gasteiger partial charge in [0.25, 0.3) is 0 Å². The zero-order valence-corrected chi connectivity index (χ0v) is 22.4. The largest absolute Gasteiger partial charge is 0.457 e. The number of ether oxygens (including phenoxy) is 1. The highest BCUT2D eigenvalue weighted by Crippen LogP contribution is 2.62. The van der Waals surface area contributed by atoms with Crippen molar-refractivity contribution in [3.05, 3.63) is 162 Å². The molecule has 0 N–H and O–H groups in total. The first-order chi connectivity index (χ1) is 20.3. The van der Waals surface area contributed by atoms with Gasteiger partial charge in [0.1, 0.15) is 17.3 Å². The summed E-state index contributed by atoms with van der Waals surface area (Å²) in [6, 6.07) is 41.6. The minimum Gasteiger partial charge on any atom is -0.457 e. The van der Waals surface area contributed by atoms with E-state index in [2.05, 4.69) is 144 Å². The van der Waals surface area contributed by atoms with E-state index >= 15 is 0 Å². The van der Waals surface area contributed by atoms with E-state index in [1.807, 2.05) is 0 Å². The van der Waals surface area contributed by atoms with E-state index in [0.29, 0.717) is 0 Å². The Morgan fingerprint density at radius 3 is 2.12 bits per heavy atom. The molecule has 0 amide bonds. The molecule has 3 heteroatoms. The van der Waals surface area contributed by atoms with E-state index in [0.717, 1.165) is 40.3 Å². The average molecular weight is 527 g/mol. The van der Waals surface area contributed by atoms with Gasteiger partial charge in [-0.1, -0.05) is 115 Å². The molecule has 1 spiro atoms. The molecular formula is C38H26N2O. The first-order valence-electron chi connectivity index (χ1n) is 14.3. The van der Waals surface area contributed by atoms with E-state index < -0.39 is 5.41 Å². The van der Waals surface area contributed by atoms with E-state index in [-0.39, 0.29) is 6.04 Å². The van der Waals surface area contributed by atoms with Gasteiger partial charge in [-0.3, -0.25) is 0 Å². The van der Waals surface area contributed by atoms with Gasteiger partial charge in [0, 0.05) is 16.7 Å². The van der Waals surface area contributed by atoms with Crippen LogP contribution in [0.4, 0.5) is 0 Å². The zero-order valence-electron chi connectivity index (χ0n) is 22.4. The minimum atomic E-state index is -0.451. The van der Waals surface area contributed by atoms with Gasteiger partial charge in [-0.25, -0.2) is 4.98 Å². The summed E-state index contributed by atoms with van der Waals surface area (Å²) in [7, 11) is 0. The number of fused-ring (bicyclic) bond motifs is 10. The number of aromatic nitrogens is 2. The van der Waals surface area contributed by atoms with Crippen molar-refractivity contribution in [1.29, 1.82) is 0 Å². The fourth-order valence-corrected chi connectivity index (χ4v) is 7.34. The number of rotatable bonds is 2. The van der Waals surface area contributed by atoms with Crippen molar-refractivity contribution < 1.29 is 4.74 Å². The van der Waals surface area contributed by atoms with Crippen LogP contribution in [0.25, 0.3) is 33.5 Å². The molecule has 194 valence electrons. The van der Waals surface area contributed by atoms with E-state index in [1.165, 1.54) is 33.4 Å². The SMILES string of the molecule is C1=CCC(n2c(-c3ccc4c(c3)Oc3ccccc3C43c4ccccc4-c4ccccc43)nc3ccccc32)C=C1. The van der Waals surface area contributed by atoms with E-state index in [1.54, 1.807) is 0 Å². The molecule has 2 aliphatic carbocycles.